The topological polar surface area (TPSA) is 42.7 Å². The van der Waals surface area contributed by atoms with Crippen LogP contribution in [0.3, 0.4) is 0 Å². The largest absolute Gasteiger partial charge is 0.305 e. The average Bonchev–Trinajstić information content (AvgIpc) is 2.70. The molecule has 0 bridgehead atoms. The van der Waals surface area contributed by atoms with Crippen molar-refractivity contribution in [1.82, 2.24) is 20.3 Å². The highest BCUT2D eigenvalue weighted by atomic mass is 79.9. The van der Waals surface area contributed by atoms with E-state index in [1.807, 2.05) is 7.05 Å². The van der Waals surface area contributed by atoms with E-state index in [0.29, 0.717) is 0 Å². The second kappa shape index (κ2) is 6.15. The summed E-state index contributed by atoms with van der Waals surface area (Å²) in [6.45, 7) is 5.05. The summed E-state index contributed by atoms with van der Waals surface area (Å²) in [5, 5.41) is 11.6. The molecule has 0 fully saturated rings. The predicted octanol–water partition coefficient (Wildman–Crippen LogP) is 3.35. The number of hydrogen-bond donors (Lipinski definition) is 1. The van der Waals surface area contributed by atoms with E-state index >= 15 is 0 Å². The van der Waals surface area contributed by atoms with Gasteiger partial charge in [0.25, 0.3) is 0 Å². The van der Waals surface area contributed by atoms with Crippen LogP contribution < -0.4 is 5.32 Å². The van der Waals surface area contributed by atoms with E-state index in [1.165, 1.54) is 11.1 Å². The molecule has 2 rings (SSSR count). The number of aryl methyl sites for hydroxylation is 2. The lowest BCUT2D eigenvalue weighted by Crippen LogP contribution is -2.25. The van der Waals surface area contributed by atoms with Crippen molar-refractivity contribution in [2.24, 2.45) is 7.05 Å². The molecule has 0 saturated heterocycles. The maximum absolute atomic E-state index is 4.07. The van der Waals surface area contributed by atoms with E-state index in [4.69, 9.17) is 0 Å². The zero-order valence-electron chi connectivity index (χ0n) is 11.1. The molecule has 0 aliphatic heterocycles. The molecule has 2 aromatic rings. The minimum absolute atomic E-state index is 0.0497. The fourth-order valence-corrected chi connectivity index (χ4v) is 3.15. The summed E-state index contributed by atoms with van der Waals surface area (Å²) in [4.78, 5) is 0. The van der Waals surface area contributed by atoms with E-state index in [9.17, 15) is 0 Å². The summed E-state index contributed by atoms with van der Waals surface area (Å²) in [7, 11) is 1.90. The molecule has 0 saturated carbocycles. The highest BCUT2D eigenvalue weighted by Gasteiger charge is 2.23. The molecule has 1 N–H and O–H groups in total. The molecule has 19 heavy (non-hydrogen) atoms. The Balaban J connectivity index is 2.55. The lowest BCUT2D eigenvalue weighted by Gasteiger charge is -2.20. The SMILES string of the molecule is CCNC(c1cccc(C)c1Br)c1c(Br)nnn1C. The third-order valence-electron chi connectivity index (χ3n) is 3.04. The summed E-state index contributed by atoms with van der Waals surface area (Å²) < 4.78 is 3.69. The van der Waals surface area contributed by atoms with Gasteiger partial charge in [-0.1, -0.05) is 46.3 Å². The lowest BCUT2D eigenvalue weighted by atomic mass is 10.0. The first-order valence-electron chi connectivity index (χ1n) is 6.09. The maximum Gasteiger partial charge on any atom is 0.153 e. The van der Waals surface area contributed by atoms with Gasteiger partial charge in [0.15, 0.2) is 4.60 Å². The maximum atomic E-state index is 4.07. The summed E-state index contributed by atoms with van der Waals surface area (Å²) in [5.41, 5.74) is 3.42. The number of aromatic nitrogens is 3. The number of hydrogen-bond acceptors (Lipinski definition) is 3. The van der Waals surface area contributed by atoms with Crippen molar-refractivity contribution < 1.29 is 0 Å². The van der Waals surface area contributed by atoms with Crippen LogP contribution in [0, 0.1) is 6.92 Å². The van der Waals surface area contributed by atoms with Crippen LogP contribution in [-0.2, 0) is 7.05 Å². The van der Waals surface area contributed by atoms with Crippen molar-refractivity contribution in [2.75, 3.05) is 6.54 Å². The van der Waals surface area contributed by atoms with Gasteiger partial charge in [-0.25, -0.2) is 4.68 Å². The molecule has 0 aliphatic rings. The van der Waals surface area contributed by atoms with Gasteiger partial charge in [0.05, 0.1) is 11.7 Å². The molecule has 1 aromatic carbocycles. The highest BCUT2D eigenvalue weighted by Crippen LogP contribution is 2.32. The third kappa shape index (κ3) is 2.90. The van der Waals surface area contributed by atoms with Gasteiger partial charge in [-0.2, -0.15) is 0 Å². The van der Waals surface area contributed by atoms with Gasteiger partial charge in [0, 0.05) is 11.5 Å². The second-order valence-electron chi connectivity index (χ2n) is 4.36. The van der Waals surface area contributed by atoms with Gasteiger partial charge in [-0.3, -0.25) is 0 Å². The number of rotatable bonds is 4. The van der Waals surface area contributed by atoms with Crippen LogP contribution in [0.25, 0.3) is 0 Å². The summed E-state index contributed by atoms with van der Waals surface area (Å²) in [5.74, 6) is 0. The Bertz CT molecular complexity index is 561. The fraction of sp³-hybridized carbons (Fsp3) is 0.385. The summed E-state index contributed by atoms with van der Waals surface area (Å²) in [6, 6.07) is 6.32. The first kappa shape index (κ1) is 14.7. The Labute approximate surface area is 129 Å². The van der Waals surface area contributed by atoms with Gasteiger partial charge in [0.2, 0.25) is 0 Å². The van der Waals surface area contributed by atoms with Crippen molar-refractivity contribution in [2.45, 2.75) is 19.9 Å². The first-order valence-corrected chi connectivity index (χ1v) is 7.68. The average molecular weight is 388 g/mol. The summed E-state index contributed by atoms with van der Waals surface area (Å²) in [6.07, 6.45) is 0. The van der Waals surface area contributed by atoms with Crippen LogP contribution in [0.5, 0.6) is 0 Å². The molecule has 0 radical (unpaired) electrons. The van der Waals surface area contributed by atoms with Crippen LogP contribution >= 0.6 is 31.9 Å². The Morgan fingerprint density at radius 1 is 1.37 bits per heavy atom. The van der Waals surface area contributed by atoms with Crippen LogP contribution in [0.4, 0.5) is 0 Å². The van der Waals surface area contributed by atoms with Gasteiger partial charge in [0.1, 0.15) is 0 Å². The van der Waals surface area contributed by atoms with Crippen LogP contribution in [-0.4, -0.2) is 21.5 Å². The molecular formula is C13H16Br2N4. The predicted molar refractivity (Wildman–Crippen MR) is 83.1 cm³/mol. The zero-order chi connectivity index (χ0) is 14.0. The number of nitrogens with zero attached hydrogens (tertiary/aromatic N) is 3. The van der Waals surface area contributed by atoms with E-state index in [-0.39, 0.29) is 6.04 Å². The van der Waals surface area contributed by atoms with Gasteiger partial charge in [-0.05, 0) is 40.5 Å². The smallest absolute Gasteiger partial charge is 0.153 e. The van der Waals surface area contributed by atoms with E-state index in [2.05, 4.69) is 79.5 Å². The Hall–Kier alpha value is -0.720. The van der Waals surface area contributed by atoms with Crippen molar-refractivity contribution >= 4 is 31.9 Å². The molecule has 1 atom stereocenters. The van der Waals surface area contributed by atoms with Crippen molar-refractivity contribution in [1.29, 1.82) is 0 Å². The second-order valence-corrected chi connectivity index (χ2v) is 5.90. The Kier molecular flexibility index (Phi) is 4.76. The van der Waals surface area contributed by atoms with Crippen LogP contribution in [0.15, 0.2) is 27.3 Å². The molecule has 0 aliphatic carbocycles. The number of halogens is 2. The van der Waals surface area contributed by atoms with Gasteiger partial charge < -0.3 is 5.32 Å². The molecule has 1 heterocycles. The summed E-state index contributed by atoms with van der Waals surface area (Å²) >= 11 is 7.16. The quantitative estimate of drug-likeness (QED) is 0.874. The zero-order valence-corrected chi connectivity index (χ0v) is 14.3. The number of nitrogens with one attached hydrogen (secondary N) is 1. The Morgan fingerprint density at radius 3 is 2.68 bits per heavy atom. The fourth-order valence-electron chi connectivity index (χ4n) is 2.10. The third-order valence-corrected chi connectivity index (χ3v) is 4.69. The van der Waals surface area contributed by atoms with Crippen molar-refractivity contribution in [3.05, 3.63) is 44.1 Å². The van der Waals surface area contributed by atoms with E-state index in [0.717, 1.165) is 21.3 Å². The molecule has 4 nitrogen and oxygen atoms in total. The Morgan fingerprint density at radius 2 is 2.11 bits per heavy atom. The number of benzene rings is 1. The van der Waals surface area contributed by atoms with Crippen LogP contribution in [0.2, 0.25) is 0 Å². The van der Waals surface area contributed by atoms with E-state index < -0.39 is 0 Å². The highest BCUT2D eigenvalue weighted by molar-refractivity contribution is 9.10. The molecule has 1 aromatic heterocycles. The lowest BCUT2D eigenvalue weighted by molar-refractivity contribution is 0.565. The van der Waals surface area contributed by atoms with Gasteiger partial charge in [-0.15, -0.1) is 5.10 Å². The monoisotopic (exact) mass is 386 g/mol. The normalized spacial score (nSPS) is 12.7. The van der Waals surface area contributed by atoms with E-state index in [1.54, 1.807) is 4.68 Å². The van der Waals surface area contributed by atoms with Crippen molar-refractivity contribution in [3.8, 4) is 0 Å². The van der Waals surface area contributed by atoms with Crippen molar-refractivity contribution in [3.63, 3.8) is 0 Å². The molecule has 6 heteroatoms. The molecule has 0 amide bonds. The first-order chi connectivity index (χ1) is 9.06. The van der Waals surface area contributed by atoms with Crippen LogP contribution in [0.1, 0.15) is 29.8 Å². The minimum atomic E-state index is 0.0497. The molecule has 1 unspecified atom stereocenters. The molecule has 102 valence electrons. The minimum Gasteiger partial charge on any atom is -0.305 e. The standard InChI is InChI=1S/C13H16Br2N4/c1-4-16-11(12-13(15)17-18-19(12)3)9-7-5-6-8(2)10(9)14/h5-7,11,16H,4H2,1-3H3. The molecular weight excluding hydrogens is 372 g/mol. The van der Waals surface area contributed by atoms with Gasteiger partial charge >= 0.3 is 0 Å². The molecule has 0 spiro atoms.